The molecule has 1 N–H and O–H groups in total. The fourth-order valence-corrected chi connectivity index (χ4v) is 1.42. The van der Waals surface area contributed by atoms with E-state index in [4.69, 9.17) is 5.11 Å². The Morgan fingerprint density at radius 3 is 2.62 bits per heavy atom. The first-order valence-corrected chi connectivity index (χ1v) is 4.62. The largest absolute Gasteiger partial charge is 0.481 e. The van der Waals surface area contributed by atoms with Crippen molar-refractivity contribution in [2.45, 2.75) is 33.2 Å². The van der Waals surface area contributed by atoms with Gasteiger partial charge in [0.1, 0.15) is 0 Å². The van der Waals surface area contributed by atoms with Crippen LogP contribution in [0.5, 0.6) is 0 Å². The highest BCUT2D eigenvalue weighted by Gasteiger charge is 2.36. The van der Waals surface area contributed by atoms with E-state index in [9.17, 15) is 4.79 Å². The van der Waals surface area contributed by atoms with Crippen molar-refractivity contribution >= 4 is 5.97 Å². The maximum absolute atomic E-state index is 11.0. The molecular weight excluding hydrogens is 166 g/mol. The summed E-state index contributed by atoms with van der Waals surface area (Å²) in [6.07, 6.45) is 5.10. The Morgan fingerprint density at radius 2 is 2.23 bits per heavy atom. The van der Waals surface area contributed by atoms with E-state index < -0.39 is 11.4 Å². The van der Waals surface area contributed by atoms with Gasteiger partial charge in [0.2, 0.25) is 0 Å². The van der Waals surface area contributed by atoms with Crippen molar-refractivity contribution in [1.82, 2.24) is 4.90 Å². The van der Waals surface area contributed by atoms with Gasteiger partial charge in [0.05, 0.1) is 5.41 Å². The molecule has 3 heteroatoms. The van der Waals surface area contributed by atoms with Crippen LogP contribution in [0.4, 0.5) is 0 Å². The molecule has 0 aliphatic carbocycles. The monoisotopic (exact) mass is 183 g/mol. The summed E-state index contributed by atoms with van der Waals surface area (Å²) < 4.78 is 0. The third-order valence-electron chi connectivity index (χ3n) is 2.94. The molecule has 0 radical (unpaired) electrons. The Balaban J connectivity index is 2.70. The Labute approximate surface area is 79.0 Å². The minimum atomic E-state index is -0.736. The first kappa shape index (κ1) is 10.1. The number of carbonyl (C=O) groups is 1. The van der Waals surface area contributed by atoms with Crippen molar-refractivity contribution in [3.05, 3.63) is 12.3 Å². The molecule has 74 valence electrons. The van der Waals surface area contributed by atoms with Gasteiger partial charge in [-0.15, -0.1) is 0 Å². The van der Waals surface area contributed by atoms with Crippen LogP contribution in [0, 0.1) is 5.41 Å². The molecule has 1 unspecified atom stereocenters. The Hall–Kier alpha value is -0.990. The van der Waals surface area contributed by atoms with Gasteiger partial charge < -0.3 is 10.0 Å². The molecule has 0 bridgehead atoms. The van der Waals surface area contributed by atoms with Crippen LogP contribution in [0.3, 0.4) is 0 Å². The molecule has 1 heterocycles. The molecule has 1 atom stereocenters. The summed E-state index contributed by atoms with van der Waals surface area (Å²) in [5.41, 5.74) is -0.686. The van der Waals surface area contributed by atoms with Crippen LogP contribution in [0.2, 0.25) is 0 Å². The Kier molecular flexibility index (Phi) is 2.64. The van der Waals surface area contributed by atoms with E-state index in [-0.39, 0.29) is 6.04 Å². The molecule has 0 spiro atoms. The van der Waals surface area contributed by atoms with E-state index in [2.05, 4.69) is 11.0 Å². The summed E-state index contributed by atoms with van der Waals surface area (Å²) in [6.45, 7) is 6.44. The van der Waals surface area contributed by atoms with Crippen LogP contribution in [0.15, 0.2) is 12.3 Å². The topological polar surface area (TPSA) is 40.5 Å². The van der Waals surface area contributed by atoms with Gasteiger partial charge in [-0.05, 0) is 33.4 Å². The zero-order chi connectivity index (χ0) is 10.1. The molecule has 1 rings (SSSR count). The lowest BCUT2D eigenvalue weighted by Gasteiger charge is -2.34. The van der Waals surface area contributed by atoms with E-state index in [0.717, 1.165) is 13.0 Å². The van der Waals surface area contributed by atoms with E-state index in [1.54, 1.807) is 13.8 Å². The molecule has 13 heavy (non-hydrogen) atoms. The second kappa shape index (κ2) is 3.40. The van der Waals surface area contributed by atoms with E-state index in [1.807, 2.05) is 13.1 Å². The molecule has 0 amide bonds. The van der Waals surface area contributed by atoms with E-state index in [1.165, 1.54) is 0 Å². The lowest BCUT2D eigenvalue weighted by atomic mass is 9.85. The van der Waals surface area contributed by atoms with Crippen LogP contribution in [-0.4, -0.2) is 28.6 Å². The van der Waals surface area contributed by atoms with Crippen LogP contribution < -0.4 is 0 Å². The average molecular weight is 183 g/mol. The molecule has 1 aliphatic heterocycles. The third kappa shape index (κ3) is 1.85. The van der Waals surface area contributed by atoms with E-state index in [0.29, 0.717) is 0 Å². The zero-order valence-electron chi connectivity index (χ0n) is 8.45. The first-order chi connectivity index (χ1) is 5.96. The number of rotatable bonds is 3. The van der Waals surface area contributed by atoms with Crippen molar-refractivity contribution < 1.29 is 9.90 Å². The van der Waals surface area contributed by atoms with Gasteiger partial charge >= 0.3 is 5.97 Å². The summed E-state index contributed by atoms with van der Waals surface area (Å²) in [7, 11) is 0. The quantitative estimate of drug-likeness (QED) is 0.724. The normalized spacial score (nSPS) is 19.2. The zero-order valence-corrected chi connectivity index (χ0v) is 8.45. The smallest absolute Gasteiger partial charge is 0.311 e. The third-order valence-corrected chi connectivity index (χ3v) is 2.94. The van der Waals surface area contributed by atoms with Crippen LogP contribution in [-0.2, 0) is 4.79 Å². The van der Waals surface area contributed by atoms with Crippen LogP contribution >= 0.6 is 0 Å². The van der Waals surface area contributed by atoms with Crippen LogP contribution in [0.1, 0.15) is 27.2 Å². The molecule has 0 aromatic rings. The molecular formula is C10H17NO2. The number of carboxylic acid groups (broad SMARTS) is 1. The molecule has 0 fully saturated rings. The highest BCUT2D eigenvalue weighted by molar-refractivity contribution is 5.74. The predicted octanol–water partition coefficient (Wildman–Crippen LogP) is 1.71. The molecule has 3 nitrogen and oxygen atoms in total. The Morgan fingerprint density at radius 1 is 1.62 bits per heavy atom. The van der Waals surface area contributed by atoms with Crippen LogP contribution in [0.25, 0.3) is 0 Å². The minimum Gasteiger partial charge on any atom is -0.481 e. The van der Waals surface area contributed by atoms with Crippen molar-refractivity contribution in [2.75, 3.05) is 6.54 Å². The molecule has 0 saturated carbocycles. The van der Waals surface area contributed by atoms with Gasteiger partial charge in [0, 0.05) is 12.6 Å². The molecule has 0 saturated heterocycles. The predicted molar refractivity (Wildman–Crippen MR) is 51.3 cm³/mol. The second-order valence-electron chi connectivity index (χ2n) is 4.11. The molecule has 1 aliphatic rings. The van der Waals surface area contributed by atoms with Gasteiger partial charge in [-0.25, -0.2) is 0 Å². The average Bonchev–Trinajstić information content (AvgIpc) is 2.54. The van der Waals surface area contributed by atoms with Crippen molar-refractivity contribution in [2.24, 2.45) is 5.41 Å². The van der Waals surface area contributed by atoms with E-state index >= 15 is 0 Å². The van der Waals surface area contributed by atoms with Crippen molar-refractivity contribution in [3.8, 4) is 0 Å². The summed E-state index contributed by atoms with van der Waals surface area (Å²) in [4.78, 5) is 13.1. The fourth-order valence-electron chi connectivity index (χ4n) is 1.42. The van der Waals surface area contributed by atoms with Gasteiger partial charge in [-0.2, -0.15) is 0 Å². The maximum Gasteiger partial charge on any atom is 0.311 e. The number of carboxylic acids is 1. The van der Waals surface area contributed by atoms with Crippen molar-refractivity contribution in [3.63, 3.8) is 0 Å². The minimum absolute atomic E-state index is 0.0451. The van der Waals surface area contributed by atoms with Crippen molar-refractivity contribution in [1.29, 1.82) is 0 Å². The molecule has 0 aromatic carbocycles. The summed E-state index contributed by atoms with van der Waals surface area (Å²) in [5.74, 6) is -0.736. The van der Waals surface area contributed by atoms with Gasteiger partial charge in [0.25, 0.3) is 0 Å². The fraction of sp³-hybridized carbons (Fsp3) is 0.700. The number of nitrogens with zero attached hydrogens (tertiary/aromatic N) is 1. The highest BCUT2D eigenvalue weighted by Crippen LogP contribution is 2.27. The summed E-state index contributed by atoms with van der Waals surface area (Å²) in [5, 5.41) is 9.02. The lowest BCUT2D eigenvalue weighted by molar-refractivity contribution is -0.149. The standard InChI is InChI=1S/C10H17NO2/c1-8(10(2,3)9(12)13)11-6-4-5-7-11/h4,6,8H,5,7H2,1-3H3,(H,12,13). The van der Waals surface area contributed by atoms with Gasteiger partial charge in [-0.1, -0.05) is 6.08 Å². The lowest BCUT2D eigenvalue weighted by Crippen LogP contribution is -2.44. The SMILES string of the molecule is CC(N1C=CCC1)C(C)(C)C(=O)O. The number of aliphatic carboxylic acids is 1. The highest BCUT2D eigenvalue weighted by atomic mass is 16.4. The maximum atomic E-state index is 11.0. The summed E-state index contributed by atoms with van der Waals surface area (Å²) >= 11 is 0. The first-order valence-electron chi connectivity index (χ1n) is 4.62. The number of hydrogen-bond acceptors (Lipinski definition) is 2. The Bertz CT molecular complexity index is 233. The van der Waals surface area contributed by atoms with Gasteiger partial charge in [-0.3, -0.25) is 4.79 Å². The molecule has 0 aromatic heterocycles. The van der Waals surface area contributed by atoms with Gasteiger partial charge in [0.15, 0.2) is 0 Å². The second-order valence-corrected chi connectivity index (χ2v) is 4.11. The summed E-state index contributed by atoms with van der Waals surface area (Å²) in [6, 6.07) is 0.0451. The number of hydrogen-bond donors (Lipinski definition) is 1.